The topological polar surface area (TPSA) is 52.6 Å². The highest BCUT2D eigenvalue weighted by Crippen LogP contribution is 2.28. The van der Waals surface area contributed by atoms with Crippen LogP contribution in [0, 0.1) is 5.92 Å². The number of ether oxygens (including phenoxy) is 2. The third kappa shape index (κ3) is 7.55. The van der Waals surface area contributed by atoms with Gasteiger partial charge in [0, 0.05) is 17.3 Å². The van der Waals surface area contributed by atoms with Crippen molar-refractivity contribution in [3.8, 4) is 0 Å². The number of halogens is 1. The van der Waals surface area contributed by atoms with Crippen LogP contribution in [0.1, 0.15) is 12.8 Å². The maximum atomic E-state index is 10.5. The molecule has 0 spiro atoms. The average Bonchev–Trinajstić information content (AvgIpc) is 2.84. The Morgan fingerprint density at radius 1 is 1.14 bits per heavy atom. The molecule has 0 saturated heterocycles. The summed E-state index contributed by atoms with van der Waals surface area (Å²) in [6, 6.07) is 0. The molecule has 0 unspecified atom stereocenters. The molecule has 0 N–H and O–H groups in total. The lowest BCUT2D eigenvalue weighted by atomic mass is 10.5. The average molecular weight is 243 g/mol. The van der Waals surface area contributed by atoms with E-state index in [2.05, 4.69) is 0 Å². The molecule has 0 amide bonds. The second-order valence-corrected chi connectivity index (χ2v) is 6.27. The fraction of sp³-hybridized carbons (Fsp3) is 1.00. The fourth-order valence-corrected chi connectivity index (χ4v) is 1.42. The van der Waals surface area contributed by atoms with Crippen molar-refractivity contribution in [2.45, 2.75) is 12.8 Å². The van der Waals surface area contributed by atoms with Gasteiger partial charge in [-0.2, -0.15) is 0 Å². The van der Waals surface area contributed by atoms with E-state index in [1.165, 1.54) is 12.8 Å². The molecule has 0 heterocycles. The van der Waals surface area contributed by atoms with Gasteiger partial charge < -0.3 is 9.47 Å². The first-order chi connectivity index (χ1) is 6.58. The maximum absolute atomic E-state index is 10.5. The first kappa shape index (κ1) is 12.2. The summed E-state index contributed by atoms with van der Waals surface area (Å²) in [6.07, 6.45) is 2.54. The van der Waals surface area contributed by atoms with E-state index in [0.29, 0.717) is 13.2 Å². The quantitative estimate of drug-likeness (QED) is 0.471. The Kier molecular flexibility index (Phi) is 5.15. The Morgan fingerprint density at radius 3 is 2.36 bits per heavy atom. The fourth-order valence-electron chi connectivity index (χ4n) is 0.913. The van der Waals surface area contributed by atoms with Gasteiger partial charge in [0.1, 0.15) is 0 Å². The molecule has 1 aliphatic rings. The molecule has 0 atom stereocenters. The van der Waals surface area contributed by atoms with Crippen LogP contribution in [0.2, 0.25) is 0 Å². The molecule has 14 heavy (non-hydrogen) atoms. The third-order valence-electron chi connectivity index (χ3n) is 1.89. The first-order valence-corrected chi connectivity index (χ1v) is 7.13. The van der Waals surface area contributed by atoms with E-state index in [1.807, 2.05) is 0 Å². The summed E-state index contributed by atoms with van der Waals surface area (Å²) in [5, 5.41) is 0. The number of hydrogen-bond donors (Lipinski definition) is 0. The molecular weight excluding hydrogens is 228 g/mol. The summed E-state index contributed by atoms with van der Waals surface area (Å²) in [5.74, 6) is 0.607. The van der Waals surface area contributed by atoms with Gasteiger partial charge in [-0.1, -0.05) is 0 Å². The zero-order valence-electron chi connectivity index (χ0n) is 7.95. The van der Waals surface area contributed by atoms with Crippen molar-refractivity contribution in [3.63, 3.8) is 0 Å². The van der Waals surface area contributed by atoms with Gasteiger partial charge in [-0.05, 0) is 18.8 Å². The summed E-state index contributed by atoms with van der Waals surface area (Å²) < 4.78 is 31.2. The molecule has 1 saturated carbocycles. The summed E-state index contributed by atoms with van der Waals surface area (Å²) in [4.78, 5) is 0. The second kappa shape index (κ2) is 5.90. The minimum absolute atomic E-state index is 0.138. The van der Waals surface area contributed by atoms with Gasteiger partial charge >= 0.3 is 0 Å². The lowest BCUT2D eigenvalue weighted by Gasteiger charge is -2.03. The van der Waals surface area contributed by atoms with E-state index in [1.54, 1.807) is 0 Å². The zero-order chi connectivity index (χ0) is 10.4. The Labute approximate surface area is 88.9 Å². The molecule has 84 valence electrons. The van der Waals surface area contributed by atoms with Crippen LogP contribution >= 0.6 is 10.7 Å². The molecule has 1 fully saturated rings. The highest BCUT2D eigenvalue weighted by molar-refractivity contribution is 8.13. The summed E-state index contributed by atoms with van der Waals surface area (Å²) in [7, 11) is 1.57. The van der Waals surface area contributed by atoms with E-state index >= 15 is 0 Å². The Hall–Kier alpha value is 0.160. The maximum Gasteiger partial charge on any atom is 0.234 e. The highest BCUT2D eigenvalue weighted by Gasteiger charge is 2.20. The van der Waals surface area contributed by atoms with Gasteiger partial charge in [-0.15, -0.1) is 0 Å². The van der Waals surface area contributed by atoms with Crippen LogP contribution < -0.4 is 0 Å². The van der Waals surface area contributed by atoms with Gasteiger partial charge in [-0.25, -0.2) is 8.42 Å². The van der Waals surface area contributed by atoms with Crippen LogP contribution in [0.4, 0.5) is 0 Å². The van der Waals surface area contributed by atoms with Crippen LogP contribution in [0.5, 0.6) is 0 Å². The molecule has 0 aliphatic heterocycles. The van der Waals surface area contributed by atoms with Gasteiger partial charge in [0.05, 0.1) is 25.6 Å². The van der Waals surface area contributed by atoms with Crippen molar-refractivity contribution in [3.05, 3.63) is 0 Å². The van der Waals surface area contributed by atoms with Crippen LogP contribution in [0.25, 0.3) is 0 Å². The lowest BCUT2D eigenvalue weighted by molar-refractivity contribution is 0.0492. The van der Waals surface area contributed by atoms with Crippen LogP contribution in [0.15, 0.2) is 0 Å². The molecule has 0 aromatic rings. The number of hydrogen-bond acceptors (Lipinski definition) is 4. The minimum Gasteiger partial charge on any atom is -0.379 e. The van der Waals surface area contributed by atoms with Gasteiger partial charge in [0.25, 0.3) is 0 Å². The second-order valence-electron chi connectivity index (χ2n) is 3.37. The molecule has 1 rings (SSSR count). The highest BCUT2D eigenvalue weighted by atomic mass is 35.7. The smallest absolute Gasteiger partial charge is 0.234 e. The molecule has 4 nitrogen and oxygen atoms in total. The minimum atomic E-state index is -3.41. The zero-order valence-corrected chi connectivity index (χ0v) is 9.52. The van der Waals surface area contributed by atoms with E-state index in [4.69, 9.17) is 20.2 Å². The monoisotopic (exact) mass is 242 g/mol. The van der Waals surface area contributed by atoms with Crippen molar-refractivity contribution < 1.29 is 17.9 Å². The molecule has 0 bridgehead atoms. The lowest BCUT2D eigenvalue weighted by Crippen LogP contribution is -2.11. The van der Waals surface area contributed by atoms with Crippen LogP contribution in [-0.4, -0.2) is 40.6 Å². The molecule has 0 aromatic carbocycles. The summed E-state index contributed by atoms with van der Waals surface area (Å²) in [6.45, 7) is 1.90. The Morgan fingerprint density at radius 2 is 1.79 bits per heavy atom. The Balaban J connectivity index is 1.79. The first-order valence-electron chi connectivity index (χ1n) is 4.66. The van der Waals surface area contributed by atoms with Gasteiger partial charge in [0.15, 0.2) is 0 Å². The predicted octanol–water partition coefficient (Wildman–Crippen LogP) is 0.998. The van der Waals surface area contributed by atoms with Crippen molar-refractivity contribution in [2.24, 2.45) is 5.92 Å². The van der Waals surface area contributed by atoms with E-state index in [-0.39, 0.29) is 12.4 Å². The van der Waals surface area contributed by atoms with Gasteiger partial charge in [0.2, 0.25) is 9.05 Å². The summed E-state index contributed by atoms with van der Waals surface area (Å²) in [5.41, 5.74) is 0. The largest absolute Gasteiger partial charge is 0.379 e. The van der Waals surface area contributed by atoms with Crippen LogP contribution in [0.3, 0.4) is 0 Å². The molecule has 1 aliphatic carbocycles. The predicted molar refractivity (Wildman–Crippen MR) is 54.0 cm³/mol. The summed E-state index contributed by atoms with van der Waals surface area (Å²) >= 11 is 0. The third-order valence-corrected chi connectivity index (χ3v) is 3.01. The van der Waals surface area contributed by atoms with Crippen molar-refractivity contribution >= 4 is 19.7 Å². The van der Waals surface area contributed by atoms with E-state index in [9.17, 15) is 8.42 Å². The van der Waals surface area contributed by atoms with Gasteiger partial charge in [-0.3, -0.25) is 0 Å². The molecule has 6 heteroatoms. The molecule has 0 radical (unpaired) electrons. The van der Waals surface area contributed by atoms with E-state index in [0.717, 1.165) is 12.5 Å². The molecule has 0 aromatic heterocycles. The van der Waals surface area contributed by atoms with Crippen molar-refractivity contribution in [2.75, 3.05) is 32.2 Å². The van der Waals surface area contributed by atoms with E-state index < -0.39 is 9.05 Å². The SMILES string of the molecule is O=S(=O)(Cl)CCOCCOCC1CC1. The van der Waals surface area contributed by atoms with Crippen molar-refractivity contribution in [1.29, 1.82) is 0 Å². The molecular formula is C8H15ClO4S. The number of rotatable bonds is 8. The van der Waals surface area contributed by atoms with Crippen LogP contribution in [-0.2, 0) is 18.5 Å². The standard InChI is InChI=1S/C8H15ClO4S/c9-14(10,11)6-5-12-3-4-13-7-8-1-2-8/h8H,1-7H2. The normalized spacial score (nSPS) is 17.2. The Bertz CT molecular complexity index is 248. The van der Waals surface area contributed by atoms with Crippen molar-refractivity contribution in [1.82, 2.24) is 0 Å².